The molecule has 2 amide bonds. The summed E-state index contributed by atoms with van der Waals surface area (Å²) in [5.74, 6) is -1.33. The van der Waals surface area contributed by atoms with Crippen LogP contribution in [0.25, 0.3) is 0 Å². The summed E-state index contributed by atoms with van der Waals surface area (Å²) in [6, 6.07) is 12.4. The number of rotatable bonds is 4. The smallest absolute Gasteiger partial charge is 0.341 e. The van der Waals surface area contributed by atoms with Gasteiger partial charge in [0.15, 0.2) is 0 Å². The third-order valence-electron chi connectivity index (χ3n) is 4.74. The van der Waals surface area contributed by atoms with Crippen molar-refractivity contribution in [2.24, 2.45) is 5.10 Å². The van der Waals surface area contributed by atoms with Crippen LogP contribution in [0, 0.1) is 11.6 Å². The molecule has 2 aromatic rings. The van der Waals surface area contributed by atoms with Crippen molar-refractivity contribution in [2.75, 3.05) is 13.1 Å². The lowest BCUT2D eigenvalue weighted by atomic mass is 10.0. The molecule has 2 heterocycles. The quantitative estimate of drug-likeness (QED) is 0.822. The zero-order chi connectivity index (χ0) is 18.8. The second-order valence-electron chi connectivity index (χ2n) is 6.70. The van der Waals surface area contributed by atoms with E-state index in [2.05, 4.69) is 5.10 Å². The topological polar surface area (TPSA) is 45.1 Å². The standard InChI is InChI=1S/C20H19F2N3O2/c21-16-8-15(9-17(22)10-16)19-6-7-23-25(19)20(26)24-11-18(12-24)27-13-14-4-2-1-3-5-14/h1-5,7-10,18-19H,6,11-13H2. The van der Waals surface area contributed by atoms with Gasteiger partial charge in [-0.05, 0) is 23.3 Å². The molecule has 0 spiro atoms. The lowest BCUT2D eigenvalue weighted by molar-refractivity contribution is -0.0505. The van der Waals surface area contributed by atoms with E-state index in [0.717, 1.165) is 11.6 Å². The number of likely N-dealkylation sites (tertiary alicyclic amines) is 1. The molecule has 5 nitrogen and oxygen atoms in total. The fourth-order valence-corrected chi connectivity index (χ4v) is 3.28. The van der Waals surface area contributed by atoms with Gasteiger partial charge in [0.25, 0.3) is 0 Å². The number of hydrogen-bond acceptors (Lipinski definition) is 3. The molecule has 0 saturated carbocycles. The van der Waals surface area contributed by atoms with E-state index in [0.29, 0.717) is 31.7 Å². The van der Waals surface area contributed by atoms with Crippen molar-refractivity contribution in [1.82, 2.24) is 9.91 Å². The Bertz CT molecular complexity index is 833. The molecule has 27 heavy (non-hydrogen) atoms. The molecular formula is C20H19F2N3O2. The highest BCUT2D eigenvalue weighted by Gasteiger charge is 2.38. The van der Waals surface area contributed by atoms with E-state index in [1.807, 2.05) is 30.3 Å². The van der Waals surface area contributed by atoms with E-state index in [9.17, 15) is 13.6 Å². The number of benzene rings is 2. The maximum atomic E-state index is 13.5. The average Bonchev–Trinajstić information content (AvgIpc) is 3.10. The van der Waals surface area contributed by atoms with E-state index < -0.39 is 17.7 Å². The van der Waals surface area contributed by atoms with Gasteiger partial charge in [-0.2, -0.15) is 5.10 Å². The SMILES string of the molecule is O=C(N1CC(OCc2ccccc2)C1)N1N=CCC1c1cc(F)cc(F)c1. The van der Waals surface area contributed by atoms with Gasteiger partial charge >= 0.3 is 6.03 Å². The minimum Gasteiger partial charge on any atom is -0.370 e. The highest BCUT2D eigenvalue weighted by molar-refractivity contribution is 5.79. The first-order valence-electron chi connectivity index (χ1n) is 8.82. The predicted octanol–water partition coefficient (Wildman–Crippen LogP) is 3.72. The van der Waals surface area contributed by atoms with Crippen LogP contribution in [0.1, 0.15) is 23.6 Å². The number of urea groups is 1. The first-order chi connectivity index (χ1) is 13.1. The summed E-state index contributed by atoms with van der Waals surface area (Å²) in [5, 5.41) is 5.40. The average molecular weight is 371 g/mol. The Labute approximate surface area is 155 Å². The van der Waals surface area contributed by atoms with E-state index in [4.69, 9.17) is 4.74 Å². The molecule has 0 bridgehead atoms. The van der Waals surface area contributed by atoms with Crippen molar-refractivity contribution < 1.29 is 18.3 Å². The van der Waals surface area contributed by atoms with E-state index in [-0.39, 0.29) is 12.1 Å². The Morgan fingerprint density at radius 3 is 2.52 bits per heavy atom. The fourth-order valence-electron chi connectivity index (χ4n) is 3.28. The monoisotopic (exact) mass is 371 g/mol. The maximum Gasteiger partial charge on any atom is 0.341 e. The molecule has 2 aromatic carbocycles. The van der Waals surface area contributed by atoms with Crippen LogP contribution in [-0.4, -0.2) is 41.3 Å². The van der Waals surface area contributed by atoms with Crippen molar-refractivity contribution in [3.63, 3.8) is 0 Å². The van der Waals surface area contributed by atoms with Crippen LogP contribution >= 0.6 is 0 Å². The van der Waals surface area contributed by atoms with Gasteiger partial charge in [0, 0.05) is 18.7 Å². The van der Waals surface area contributed by atoms with Crippen LogP contribution in [0.2, 0.25) is 0 Å². The Kier molecular flexibility index (Phi) is 4.85. The van der Waals surface area contributed by atoms with Crippen LogP contribution in [0.15, 0.2) is 53.6 Å². The number of amides is 2. The zero-order valence-electron chi connectivity index (χ0n) is 14.6. The van der Waals surface area contributed by atoms with Crippen LogP contribution in [0.4, 0.5) is 13.6 Å². The molecular weight excluding hydrogens is 352 g/mol. The Balaban J connectivity index is 1.34. The summed E-state index contributed by atoms with van der Waals surface area (Å²) in [7, 11) is 0. The molecule has 0 N–H and O–H groups in total. The lowest BCUT2D eigenvalue weighted by Crippen LogP contribution is -2.57. The van der Waals surface area contributed by atoms with Gasteiger partial charge in [-0.15, -0.1) is 0 Å². The summed E-state index contributed by atoms with van der Waals surface area (Å²) >= 11 is 0. The number of carbonyl (C=O) groups is 1. The van der Waals surface area contributed by atoms with Gasteiger partial charge in [-0.3, -0.25) is 0 Å². The molecule has 4 rings (SSSR count). The first-order valence-corrected chi connectivity index (χ1v) is 8.82. The molecule has 1 fully saturated rings. The number of ether oxygens (including phenoxy) is 1. The second-order valence-corrected chi connectivity index (χ2v) is 6.70. The molecule has 140 valence electrons. The Hall–Kier alpha value is -2.80. The van der Waals surface area contributed by atoms with Crippen molar-refractivity contribution in [2.45, 2.75) is 25.2 Å². The van der Waals surface area contributed by atoms with Crippen molar-refractivity contribution in [3.8, 4) is 0 Å². The number of halogens is 2. The number of carbonyl (C=O) groups excluding carboxylic acids is 1. The molecule has 1 unspecified atom stereocenters. The molecule has 2 aliphatic heterocycles. The van der Waals surface area contributed by atoms with E-state index >= 15 is 0 Å². The third kappa shape index (κ3) is 3.83. The molecule has 0 aromatic heterocycles. The Morgan fingerprint density at radius 2 is 1.81 bits per heavy atom. The fraction of sp³-hybridized carbons (Fsp3) is 0.300. The third-order valence-corrected chi connectivity index (χ3v) is 4.74. The van der Waals surface area contributed by atoms with Crippen molar-refractivity contribution >= 4 is 12.2 Å². The molecule has 0 aliphatic carbocycles. The summed E-state index contributed by atoms with van der Waals surface area (Å²) in [6.45, 7) is 1.45. The lowest BCUT2D eigenvalue weighted by Gasteiger charge is -2.41. The summed E-state index contributed by atoms with van der Waals surface area (Å²) in [5.41, 5.74) is 1.48. The molecule has 2 aliphatic rings. The van der Waals surface area contributed by atoms with E-state index in [1.54, 1.807) is 11.1 Å². The number of hydrogen-bond donors (Lipinski definition) is 0. The second kappa shape index (κ2) is 7.44. The van der Waals surface area contributed by atoms with Crippen LogP contribution < -0.4 is 0 Å². The molecule has 1 atom stereocenters. The predicted molar refractivity (Wildman–Crippen MR) is 96.0 cm³/mol. The minimum atomic E-state index is -0.664. The highest BCUT2D eigenvalue weighted by atomic mass is 19.1. The molecule has 0 radical (unpaired) electrons. The van der Waals surface area contributed by atoms with Gasteiger partial charge in [-0.1, -0.05) is 30.3 Å². The van der Waals surface area contributed by atoms with Crippen LogP contribution in [0.5, 0.6) is 0 Å². The number of hydrazone groups is 1. The normalized spacial score (nSPS) is 19.4. The minimum absolute atomic E-state index is 0.0224. The van der Waals surface area contributed by atoms with Gasteiger partial charge in [-0.25, -0.2) is 18.6 Å². The molecule has 1 saturated heterocycles. The van der Waals surface area contributed by atoms with Gasteiger partial charge in [0.2, 0.25) is 0 Å². The van der Waals surface area contributed by atoms with E-state index in [1.165, 1.54) is 17.1 Å². The number of nitrogens with zero attached hydrogens (tertiary/aromatic N) is 3. The van der Waals surface area contributed by atoms with Crippen molar-refractivity contribution in [3.05, 3.63) is 71.3 Å². The van der Waals surface area contributed by atoms with Crippen molar-refractivity contribution in [1.29, 1.82) is 0 Å². The Morgan fingerprint density at radius 1 is 1.11 bits per heavy atom. The largest absolute Gasteiger partial charge is 0.370 e. The molecule has 7 heteroatoms. The van der Waals surface area contributed by atoms with Crippen LogP contribution in [0.3, 0.4) is 0 Å². The zero-order valence-corrected chi connectivity index (χ0v) is 14.6. The van der Waals surface area contributed by atoms with Gasteiger partial charge in [0.05, 0.1) is 31.8 Å². The summed E-state index contributed by atoms with van der Waals surface area (Å²) in [6.07, 6.45) is 2.00. The summed E-state index contributed by atoms with van der Waals surface area (Å²) in [4.78, 5) is 14.3. The highest BCUT2D eigenvalue weighted by Crippen LogP contribution is 2.31. The first kappa shape index (κ1) is 17.6. The van der Waals surface area contributed by atoms with Gasteiger partial charge in [0.1, 0.15) is 11.6 Å². The van der Waals surface area contributed by atoms with Gasteiger partial charge < -0.3 is 9.64 Å². The maximum absolute atomic E-state index is 13.5. The van der Waals surface area contributed by atoms with Crippen LogP contribution in [-0.2, 0) is 11.3 Å². The summed E-state index contributed by atoms with van der Waals surface area (Å²) < 4.78 is 32.8.